The molecule has 1 aliphatic rings. The third-order valence-electron chi connectivity index (χ3n) is 3.57. The lowest BCUT2D eigenvalue weighted by Crippen LogP contribution is -2.35. The Morgan fingerprint density at radius 1 is 1.50 bits per heavy atom. The van der Waals surface area contributed by atoms with Gasteiger partial charge in [0, 0.05) is 11.4 Å². The van der Waals surface area contributed by atoms with Gasteiger partial charge in [-0.15, -0.1) is 0 Å². The number of rotatable bonds is 3. The third-order valence-corrected chi connectivity index (χ3v) is 3.57. The zero-order valence-electron chi connectivity index (χ0n) is 11.8. The number of nitrogens with one attached hydrogen (secondary N) is 2. The molecule has 0 aromatic carbocycles. The summed E-state index contributed by atoms with van der Waals surface area (Å²) in [5.41, 5.74) is 1.57. The van der Waals surface area contributed by atoms with Gasteiger partial charge in [0.2, 0.25) is 5.91 Å². The maximum Gasteiger partial charge on any atom is 0.241 e. The lowest BCUT2D eigenvalue weighted by atomic mass is 10.2. The van der Waals surface area contributed by atoms with Crippen LogP contribution in [0.3, 0.4) is 0 Å². The zero-order valence-corrected chi connectivity index (χ0v) is 11.8. The molecule has 20 heavy (non-hydrogen) atoms. The molecule has 1 amide bonds. The fourth-order valence-corrected chi connectivity index (χ4v) is 2.52. The van der Waals surface area contributed by atoms with Crippen LogP contribution < -0.4 is 10.6 Å². The van der Waals surface area contributed by atoms with Crippen molar-refractivity contribution in [3.8, 4) is 0 Å². The molecule has 1 fully saturated rings. The van der Waals surface area contributed by atoms with Crippen LogP contribution in [-0.2, 0) is 4.79 Å². The average molecular weight is 273 g/mol. The summed E-state index contributed by atoms with van der Waals surface area (Å²) in [7, 11) is 0. The van der Waals surface area contributed by atoms with E-state index >= 15 is 0 Å². The minimum absolute atomic E-state index is 0.0138. The van der Waals surface area contributed by atoms with Crippen LogP contribution in [0.1, 0.15) is 32.7 Å². The normalized spacial score (nSPS) is 18.9. The Bertz CT molecular complexity index is 628. The number of aromatic nitrogens is 3. The van der Waals surface area contributed by atoms with Gasteiger partial charge >= 0.3 is 0 Å². The molecule has 0 aliphatic carbocycles. The Labute approximate surface area is 117 Å². The number of fused-ring (bicyclic) bond motifs is 1. The first kappa shape index (κ1) is 13.1. The molecule has 3 heterocycles. The summed E-state index contributed by atoms with van der Waals surface area (Å²) < 4.78 is 1.87. The van der Waals surface area contributed by atoms with Crippen LogP contribution in [-0.4, -0.2) is 33.3 Å². The fourth-order valence-electron chi connectivity index (χ4n) is 2.52. The second-order valence-electron chi connectivity index (χ2n) is 5.46. The highest BCUT2D eigenvalue weighted by Gasteiger charge is 2.22. The second-order valence-corrected chi connectivity index (χ2v) is 5.46. The average Bonchev–Trinajstić information content (AvgIpc) is 3.07. The number of amides is 1. The van der Waals surface area contributed by atoms with Crippen molar-refractivity contribution in [2.24, 2.45) is 0 Å². The number of nitrogens with zero attached hydrogens (tertiary/aromatic N) is 3. The van der Waals surface area contributed by atoms with E-state index in [4.69, 9.17) is 0 Å². The van der Waals surface area contributed by atoms with Crippen LogP contribution >= 0.6 is 0 Å². The molecule has 0 radical (unpaired) electrons. The van der Waals surface area contributed by atoms with E-state index in [-0.39, 0.29) is 18.0 Å². The van der Waals surface area contributed by atoms with Crippen molar-refractivity contribution < 1.29 is 4.79 Å². The van der Waals surface area contributed by atoms with Crippen molar-refractivity contribution >= 4 is 22.6 Å². The first-order valence-corrected chi connectivity index (χ1v) is 7.02. The highest BCUT2D eigenvalue weighted by Crippen LogP contribution is 2.19. The van der Waals surface area contributed by atoms with E-state index in [0.29, 0.717) is 0 Å². The monoisotopic (exact) mass is 273 g/mol. The van der Waals surface area contributed by atoms with Gasteiger partial charge in [-0.2, -0.15) is 5.10 Å². The van der Waals surface area contributed by atoms with Gasteiger partial charge in [-0.3, -0.25) is 4.79 Å². The summed E-state index contributed by atoms with van der Waals surface area (Å²) in [6.07, 6.45) is 5.42. The molecule has 0 spiro atoms. The van der Waals surface area contributed by atoms with Gasteiger partial charge in [0.25, 0.3) is 0 Å². The Balaban J connectivity index is 1.80. The van der Waals surface area contributed by atoms with E-state index < -0.39 is 0 Å². The van der Waals surface area contributed by atoms with Crippen molar-refractivity contribution in [2.75, 3.05) is 11.9 Å². The standard InChI is InChI=1S/C14H19N5O/c1-9(2)19-13-10(7-17-19)6-11(8-16-13)18-14(20)12-4-3-5-15-12/h6-9,12,15H,3-5H2,1-2H3,(H,18,20)/t12-/m0/s1. The number of anilines is 1. The second kappa shape index (κ2) is 5.20. The topological polar surface area (TPSA) is 71.8 Å². The quantitative estimate of drug-likeness (QED) is 0.893. The van der Waals surface area contributed by atoms with E-state index in [9.17, 15) is 4.79 Å². The van der Waals surface area contributed by atoms with Crippen LogP contribution in [0, 0.1) is 0 Å². The third kappa shape index (κ3) is 2.38. The Kier molecular flexibility index (Phi) is 3.40. The molecule has 2 aromatic heterocycles. The van der Waals surface area contributed by atoms with E-state index in [1.54, 1.807) is 12.4 Å². The summed E-state index contributed by atoms with van der Waals surface area (Å²) >= 11 is 0. The van der Waals surface area contributed by atoms with Crippen molar-refractivity contribution in [3.05, 3.63) is 18.5 Å². The van der Waals surface area contributed by atoms with Crippen LogP contribution in [0.5, 0.6) is 0 Å². The number of hydrogen-bond donors (Lipinski definition) is 2. The first-order valence-electron chi connectivity index (χ1n) is 7.02. The molecule has 1 aliphatic heterocycles. The molecule has 6 heteroatoms. The van der Waals surface area contributed by atoms with E-state index in [1.165, 1.54) is 0 Å². The Hall–Kier alpha value is -1.95. The van der Waals surface area contributed by atoms with Gasteiger partial charge in [-0.25, -0.2) is 9.67 Å². The summed E-state index contributed by atoms with van der Waals surface area (Å²) in [5, 5.41) is 11.4. The van der Waals surface area contributed by atoms with E-state index in [0.717, 1.165) is 36.1 Å². The predicted molar refractivity (Wildman–Crippen MR) is 77.6 cm³/mol. The number of carbonyl (C=O) groups excluding carboxylic acids is 1. The smallest absolute Gasteiger partial charge is 0.241 e. The molecule has 2 aromatic rings. The minimum atomic E-state index is -0.0796. The van der Waals surface area contributed by atoms with E-state index in [1.807, 2.05) is 10.7 Å². The molecule has 106 valence electrons. The van der Waals surface area contributed by atoms with Gasteiger partial charge in [-0.1, -0.05) is 0 Å². The summed E-state index contributed by atoms with van der Waals surface area (Å²) in [5.74, 6) is 0.0138. The van der Waals surface area contributed by atoms with Gasteiger partial charge in [0.1, 0.15) is 0 Å². The molecule has 3 rings (SSSR count). The Morgan fingerprint density at radius 3 is 3.05 bits per heavy atom. The Morgan fingerprint density at radius 2 is 2.35 bits per heavy atom. The lowest BCUT2D eigenvalue weighted by molar-refractivity contribution is -0.117. The van der Waals surface area contributed by atoms with Crippen LogP contribution in [0.25, 0.3) is 11.0 Å². The van der Waals surface area contributed by atoms with Crippen LogP contribution in [0.15, 0.2) is 18.5 Å². The van der Waals surface area contributed by atoms with Crippen LogP contribution in [0.4, 0.5) is 5.69 Å². The van der Waals surface area contributed by atoms with Gasteiger partial charge in [-0.05, 0) is 39.3 Å². The molecule has 0 bridgehead atoms. The SMILES string of the molecule is CC(C)n1ncc2cc(NC(=O)[C@@H]3CCCN3)cnc21. The molecular weight excluding hydrogens is 254 g/mol. The van der Waals surface area contributed by atoms with Crippen molar-refractivity contribution in [2.45, 2.75) is 38.8 Å². The van der Waals surface area contributed by atoms with Gasteiger partial charge < -0.3 is 10.6 Å². The van der Waals surface area contributed by atoms with Crippen molar-refractivity contribution in [3.63, 3.8) is 0 Å². The van der Waals surface area contributed by atoms with E-state index in [2.05, 4.69) is 34.6 Å². The molecule has 2 N–H and O–H groups in total. The summed E-state index contributed by atoms with van der Waals surface area (Å²) in [6, 6.07) is 2.10. The highest BCUT2D eigenvalue weighted by atomic mass is 16.2. The maximum absolute atomic E-state index is 12.0. The molecule has 6 nitrogen and oxygen atoms in total. The highest BCUT2D eigenvalue weighted by molar-refractivity contribution is 5.96. The van der Waals surface area contributed by atoms with Crippen molar-refractivity contribution in [1.29, 1.82) is 0 Å². The number of carbonyl (C=O) groups is 1. The minimum Gasteiger partial charge on any atom is -0.323 e. The predicted octanol–water partition coefficient (Wildman–Crippen LogP) is 1.70. The largest absolute Gasteiger partial charge is 0.323 e. The molecule has 0 unspecified atom stereocenters. The number of hydrogen-bond acceptors (Lipinski definition) is 4. The fraction of sp³-hybridized carbons (Fsp3) is 0.500. The lowest BCUT2D eigenvalue weighted by Gasteiger charge is -2.11. The number of pyridine rings is 1. The molecule has 1 saturated heterocycles. The van der Waals surface area contributed by atoms with Gasteiger partial charge in [0.05, 0.1) is 24.1 Å². The molecular formula is C14H19N5O. The van der Waals surface area contributed by atoms with Gasteiger partial charge in [0.15, 0.2) is 5.65 Å². The first-order chi connectivity index (χ1) is 9.65. The van der Waals surface area contributed by atoms with Crippen LogP contribution in [0.2, 0.25) is 0 Å². The molecule has 1 atom stereocenters. The molecule has 0 saturated carbocycles. The summed E-state index contributed by atoms with van der Waals surface area (Å²) in [6.45, 7) is 5.04. The van der Waals surface area contributed by atoms with Crippen molar-refractivity contribution in [1.82, 2.24) is 20.1 Å². The zero-order chi connectivity index (χ0) is 14.1. The summed E-state index contributed by atoms with van der Waals surface area (Å²) in [4.78, 5) is 16.4. The maximum atomic E-state index is 12.0.